The zero-order valence-electron chi connectivity index (χ0n) is 26.5. The standard InChI is InChI=1S/C14H13ClO.C13H11ClO.C13H19ClO/c1-10-12(14(16)8-7-13(10)15)9-11-5-3-2-4-6-11;14-12-6-7-13(15)11(9-12)8-10-4-2-1-3-5-10;1-2-3-4-5-6-8-11-9-7-10-12(15)13(11)14/h2-8,16H,9H2,1H3;1-7,9,15H,8H2;7,9-10,15H,2-6,8H2,1H3. The van der Waals surface area contributed by atoms with Crippen LogP contribution in [0.15, 0.2) is 109 Å². The van der Waals surface area contributed by atoms with Gasteiger partial charge < -0.3 is 15.3 Å². The first-order valence-electron chi connectivity index (χ1n) is 15.7. The van der Waals surface area contributed by atoms with E-state index in [-0.39, 0.29) is 5.75 Å². The lowest BCUT2D eigenvalue weighted by atomic mass is 9.99. The summed E-state index contributed by atoms with van der Waals surface area (Å²) in [5.74, 6) is 0.803. The van der Waals surface area contributed by atoms with Crippen LogP contribution in [0.3, 0.4) is 0 Å². The average Bonchev–Trinajstić information content (AvgIpc) is 3.06. The van der Waals surface area contributed by atoms with Crippen LogP contribution >= 0.6 is 34.8 Å². The Kier molecular flexibility index (Phi) is 15.8. The first kappa shape index (κ1) is 36.8. The molecular formula is C40H43Cl3O3. The number of phenolic OH excluding ortho intramolecular Hbond substituents is 3. The summed E-state index contributed by atoms with van der Waals surface area (Å²) in [4.78, 5) is 0. The molecule has 0 radical (unpaired) electrons. The second-order valence-electron chi connectivity index (χ2n) is 11.2. The maximum absolute atomic E-state index is 9.82. The van der Waals surface area contributed by atoms with Crippen molar-refractivity contribution in [3.63, 3.8) is 0 Å². The minimum atomic E-state index is 0.197. The predicted molar refractivity (Wildman–Crippen MR) is 195 cm³/mol. The number of halogens is 3. The van der Waals surface area contributed by atoms with Gasteiger partial charge in [0, 0.05) is 28.5 Å². The number of phenols is 3. The van der Waals surface area contributed by atoms with Crippen LogP contribution in [0.25, 0.3) is 0 Å². The van der Waals surface area contributed by atoms with Crippen molar-refractivity contribution in [2.45, 2.75) is 65.2 Å². The molecule has 0 aliphatic carbocycles. The summed E-state index contributed by atoms with van der Waals surface area (Å²) in [5, 5.41) is 30.7. The van der Waals surface area contributed by atoms with Gasteiger partial charge in [-0.05, 0) is 84.0 Å². The predicted octanol–water partition coefficient (Wildman–Crippen LogP) is 12.1. The first-order chi connectivity index (χ1) is 22.2. The fourth-order valence-corrected chi connectivity index (χ4v) is 5.52. The fourth-order valence-electron chi connectivity index (χ4n) is 4.93. The largest absolute Gasteiger partial charge is 0.508 e. The molecule has 6 heteroatoms. The van der Waals surface area contributed by atoms with Gasteiger partial charge >= 0.3 is 0 Å². The number of rotatable bonds is 10. The lowest BCUT2D eigenvalue weighted by Crippen LogP contribution is -1.93. The molecule has 0 spiro atoms. The van der Waals surface area contributed by atoms with Crippen LogP contribution in [0.4, 0.5) is 0 Å². The van der Waals surface area contributed by atoms with Crippen molar-refractivity contribution >= 4 is 34.8 Å². The van der Waals surface area contributed by atoms with E-state index >= 15 is 0 Å². The molecule has 0 unspecified atom stereocenters. The number of benzene rings is 5. The Morgan fingerprint density at radius 3 is 1.80 bits per heavy atom. The van der Waals surface area contributed by atoms with Gasteiger partial charge in [0.05, 0.1) is 5.02 Å². The van der Waals surface area contributed by atoms with Crippen molar-refractivity contribution in [2.24, 2.45) is 0 Å². The van der Waals surface area contributed by atoms with Crippen molar-refractivity contribution in [2.75, 3.05) is 0 Å². The summed E-state index contributed by atoms with van der Waals surface area (Å²) in [7, 11) is 0. The smallest absolute Gasteiger partial charge is 0.134 e. The number of aromatic hydroxyl groups is 3. The van der Waals surface area contributed by atoms with E-state index in [9.17, 15) is 15.3 Å². The van der Waals surface area contributed by atoms with Crippen LogP contribution in [-0.2, 0) is 19.3 Å². The number of hydrogen-bond acceptors (Lipinski definition) is 3. The monoisotopic (exact) mass is 676 g/mol. The van der Waals surface area contributed by atoms with Crippen LogP contribution in [0, 0.1) is 6.92 Å². The van der Waals surface area contributed by atoms with Crippen LogP contribution in [-0.4, -0.2) is 15.3 Å². The third-order valence-electron chi connectivity index (χ3n) is 7.62. The number of aryl methyl sites for hydroxylation is 1. The van der Waals surface area contributed by atoms with Gasteiger partial charge in [0.1, 0.15) is 17.2 Å². The molecule has 0 aromatic heterocycles. The highest BCUT2D eigenvalue weighted by Gasteiger charge is 2.09. The fraction of sp³-hybridized carbons (Fsp3) is 0.250. The molecule has 0 atom stereocenters. The van der Waals surface area contributed by atoms with E-state index in [1.165, 1.54) is 31.2 Å². The van der Waals surface area contributed by atoms with Gasteiger partial charge in [-0.3, -0.25) is 0 Å². The summed E-state index contributed by atoms with van der Waals surface area (Å²) in [6, 6.07) is 34.0. The maximum Gasteiger partial charge on any atom is 0.134 e. The van der Waals surface area contributed by atoms with Gasteiger partial charge in [-0.15, -0.1) is 0 Å². The van der Waals surface area contributed by atoms with Crippen molar-refractivity contribution in [1.82, 2.24) is 0 Å². The van der Waals surface area contributed by atoms with E-state index in [0.29, 0.717) is 39.4 Å². The third kappa shape index (κ3) is 12.3. The first-order valence-corrected chi connectivity index (χ1v) is 16.8. The van der Waals surface area contributed by atoms with E-state index in [4.69, 9.17) is 34.8 Å². The van der Waals surface area contributed by atoms with E-state index in [0.717, 1.165) is 40.7 Å². The highest BCUT2D eigenvalue weighted by molar-refractivity contribution is 6.32. The van der Waals surface area contributed by atoms with Crippen molar-refractivity contribution in [1.29, 1.82) is 0 Å². The summed E-state index contributed by atoms with van der Waals surface area (Å²) < 4.78 is 0. The molecule has 0 saturated carbocycles. The zero-order chi connectivity index (χ0) is 33.3. The summed E-state index contributed by atoms with van der Waals surface area (Å²) in [6.07, 6.45) is 8.67. The normalized spacial score (nSPS) is 10.4. The van der Waals surface area contributed by atoms with E-state index < -0.39 is 0 Å². The van der Waals surface area contributed by atoms with Gasteiger partial charge in [0.25, 0.3) is 0 Å². The van der Waals surface area contributed by atoms with Gasteiger partial charge in [-0.25, -0.2) is 0 Å². The molecule has 0 heterocycles. The van der Waals surface area contributed by atoms with Crippen LogP contribution < -0.4 is 0 Å². The number of hydrogen-bond donors (Lipinski definition) is 3. The molecule has 242 valence electrons. The molecule has 5 aromatic rings. The summed E-state index contributed by atoms with van der Waals surface area (Å²) in [5.41, 5.74) is 6.10. The van der Waals surface area contributed by atoms with Crippen LogP contribution in [0.1, 0.15) is 72.4 Å². The van der Waals surface area contributed by atoms with Crippen LogP contribution in [0.2, 0.25) is 15.1 Å². The molecule has 0 fully saturated rings. The number of unbranched alkanes of at least 4 members (excludes halogenated alkanes) is 4. The van der Waals surface area contributed by atoms with E-state index in [1.54, 1.807) is 36.4 Å². The van der Waals surface area contributed by atoms with Crippen molar-refractivity contribution < 1.29 is 15.3 Å². The molecule has 0 amide bonds. The molecule has 0 bridgehead atoms. The Labute approximate surface area is 289 Å². The SMILES string of the molecule is CCCCCCCc1cccc(O)c1Cl.Cc1c(Cl)ccc(O)c1Cc1ccccc1.Oc1ccc(Cl)cc1Cc1ccccc1. The molecule has 0 aliphatic heterocycles. The van der Waals surface area contributed by atoms with Gasteiger partial charge in [0.15, 0.2) is 0 Å². The van der Waals surface area contributed by atoms with Crippen LogP contribution in [0.5, 0.6) is 17.2 Å². The molecule has 0 saturated heterocycles. The average molecular weight is 678 g/mol. The second-order valence-corrected chi connectivity index (χ2v) is 12.4. The molecular weight excluding hydrogens is 635 g/mol. The minimum Gasteiger partial charge on any atom is -0.508 e. The lowest BCUT2D eigenvalue weighted by molar-refractivity contribution is 0.468. The second kappa shape index (κ2) is 19.8. The Hall–Kier alpha value is -3.63. The van der Waals surface area contributed by atoms with Gasteiger partial charge in [0.2, 0.25) is 0 Å². The lowest BCUT2D eigenvalue weighted by Gasteiger charge is -2.10. The zero-order valence-corrected chi connectivity index (χ0v) is 28.8. The Morgan fingerprint density at radius 1 is 0.543 bits per heavy atom. The highest BCUT2D eigenvalue weighted by Crippen LogP contribution is 2.30. The molecule has 46 heavy (non-hydrogen) atoms. The molecule has 0 aliphatic rings. The molecule has 5 aromatic carbocycles. The topological polar surface area (TPSA) is 60.7 Å². The highest BCUT2D eigenvalue weighted by atomic mass is 35.5. The van der Waals surface area contributed by atoms with Crippen molar-refractivity contribution in [3.05, 3.63) is 158 Å². The van der Waals surface area contributed by atoms with Gasteiger partial charge in [-0.1, -0.05) is 140 Å². The quantitative estimate of drug-likeness (QED) is 0.129. The third-order valence-corrected chi connectivity index (χ3v) is 8.70. The van der Waals surface area contributed by atoms with E-state index in [2.05, 4.69) is 6.92 Å². The Morgan fingerprint density at radius 2 is 1.15 bits per heavy atom. The Balaban J connectivity index is 0.000000188. The summed E-state index contributed by atoms with van der Waals surface area (Å²) >= 11 is 17.9. The molecule has 3 N–H and O–H groups in total. The summed E-state index contributed by atoms with van der Waals surface area (Å²) in [6.45, 7) is 4.15. The van der Waals surface area contributed by atoms with Crippen molar-refractivity contribution in [3.8, 4) is 17.2 Å². The Bertz CT molecular complexity index is 1620. The van der Waals surface area contributed by atoms with E-state index in [1.807, 2.05) is 79.7 Å². The molecule has 5 rings (SSSR count). The van der Waals surface area contributed by atoms with Gasteiger partial charge in [-0.2, -0.15) is 0 Å². The minimum absolute atomic E-state index is 0.197. The maximum atomic E-state index is 9.82. The molecule has 3 nitrogen and oxygen atoms in total.